The van der Waals surface area contributed by atoms with Crippen molar-refractivity contribution in [3.8, 4) is 0 Å². The highest BCUT2D eigenvalue weighted by Gasteiger charge is 2.28. The molecule has 0 aromatic carbocycles. The highest BCUT2D eigenvalue weighted by molar-refractivity contribution is 5.38. The Morgan fingerprint density at radius 3 is 2.53 bits per heavy atom. The first-order chi connectivity index (χ1) is 7.06. The molecule has 0 unspecified atom stereocenters. The Morgan fingerprint density at radius 1 is 1.27 bits per heavy atom. The number of rotatable bonds is 2. The van der Waals surface area contributed by atoms with Crippen LogP contribution in [0.15, 0.2) is 6.07 Å². The van der Waals surface area contributed by atoms with Gasteiger partial charge >= 0.3 is 0 Å². The summed E-state index contributed by atoms with van der Waals surface area (Å²) in [5.74, 6) is -3.90. The molecule has 2 N–H and O–H groups in total. The van der Waals surface area contributed by atoms with Gasteiger partial charge in [-0.25, -0.2) is 8.78 Å². The zero-order chi connectivity index (χ0) is 11.0. The van der Waals surface area contributed by atoms with Crippen molar-refractivity contribution in [2.75, 3.05) is 5.32 Å². The van der Waals surface area contributed by atoms with E-state index in [1.54, 1.807) is 0 Å². The number of halogens is 3. The molecule has 6 heteroatoms. The number of aromatic nitrogens is 1. The molecule has 0 spiro atoms. The van der Waals surface area contributed by atoms with Crippen LogP contribution in [0.1, 0.15) is 12.8 Å². The maximum atomic E-state index is 13.1. The molecule has 1 heterocycles. The standard InChI is InChI=1S/C9H9F3N2O/c10-6-3-7(11)9(14-8(6)12)13-4-1-5(15)2-4/h3-5,15H,1-2H2,(H,13,14). The third-order valence-corrected chi connectivity index (χ3v) is 2.34. The number of nitrogens with zero attached hydrogens (tertiary/aromatic N) is 1. The molecule has 15 heavy (non-hydrogen) atoms. The summed E-state index contributed by atoms with van der Waals surface area (Å²) in [4.78, 5) is 3.11. The lowest BCUT2D eigenvalue weighted by Crippen LogP contribution is -2.39. The fourth-order valence-electron chi connectivity index (χ4n) is 1.44. The van der Waals surface area contributed by atoms with E-state index in [1.807, 2.05) is 0 Å². The molecule has 1 aliphatic rings. The van der Waals surface area contributed by atoms with E-state index < -0.39 is 23.7 Å². The van der Waals surface area contributed by atoms with Gasteiger partial charge in [-0.2, -0.15) is 9.37 Å². The molecular weight excluding hydrogens is 209 g/mol. The van der Waals surface area contributed by atoms with Gasteiger partial charge in [0.15, 0.2) is 17.5 Å². The minimum absolute atomic E-state index is 0.133. The molecule has 0 saturated heterocycles. The molecule has 3 nitrogen and oxygen atoms in total. The third kappa shape index (κ3) is 2.04. The van der Waals surface area contributed by atoms with Gasteiger partial charge in [0, 0.05) is 12.1 Å². The first-order valence-corrected chi connectivity index (χ1v) is 4.52. The topological polar surface area (TPSA) is 45.1 Å². The Morgan fingerprint density at radius 2 is 1.93 bits per heavy atom. The summed E-state index contributed by atoms with van der Waals surface area (Å²) in [6.45, 7) is 0. The number of aliphatic hydroxyl groups excluding tert-OH is 1. The van der Waals surface area contributed by atoms with Crippen LogP contribution < -0.4 is 5.32 Å². The van der Waals surface area contributed by atoms with Gasteiger partial charge in [0.05, 0.1) is 6.10 Å². The molecule has 1 fully saturated rings. The number of nitrogens with one attached hydrogen (secondary N) is 1. The summed E-state index contributed by atoms with van der Waals surface area (Å²) in [7, 11) is 0. The van der Waals surface area contributed by atoms with Crippen LogP contribution in [-0.2, 0) is 0 Å². The van der Waals surface area contributed by atoms with Crippen molar-refractivity contribution in [2.45, 2.75) is 25.0 Å². The lowest BCUT2D eigenvalue weighted by atomic mass is 9.89. The van der Waals surface area contributed by atoms with Gasteiger partial charge in [0.25, 0.3) is 5.95 Å². The van der Waals surface area contributed by atoms with Gasteiger partial charge in [-0.05, 0) is 12.8 Å². The van der Waals surface area contributed by atoms with Crippen LogP contribution in [0.4, 0.5) is 19.0 Å². The molecule has 0 amide bonds. The summed E-state index contributed by atoms with van der Waals surface area (Å²) in [5.41, 5.74) is 0. The van der Waals surface area contributed by atoms with Crippen LogP contribution in [0.25, 0.3) is 0 Å². The molecule has 2 rings (SSSR count). The fraction of sp³-hybridized carbons (Fsp3) is 0.444. The normalized spacial score (nSPS) is 24.8. The van der Waals surface area contributed by atoms with E-state index >= 15 is 0 Å². The van der Waals surface area contributed by atoms with E-state index in [4.69, 9.17) is 5.11 Å². The van der Waals surface area contributed by atoms with E-state index in [-0.39, 0.29) is 11.9 Å². The third-order valence-electron chi connectivity index (χ3n) is 2.34. The lowest BCUT2D eigenvalue weighted by Gasteiger charge is -2.32. The quantitative estimate of drug-likeness (QED) is 0.738. The molecule has 1 aliphatic carbocycles. The summed E-state index contributed by atoms with van der Waals surface area (Å²) >= 11 is 0. The van der Waals surface area contributed by atoms with Crippen LogP contribution in [0.2, 0.25) is 0 Å². The van der Waals surface area contributed by atoms with Crippen molar-refractivity contribution in [3.63, 3.8) is 0 Å². The summed E-state index contributed by atoms with van der Waals surface area (Å²) in [6, 6.07) is 0.312. The van der Waals surface area contributed by atoms with Crippen LogP contribution >= 0.6 is 0 Å². The lowest BCUT2D eigenvalue weighted by molar-refractivity contribution is 0.0833. The number of anilines is 1. The highest BCUT2D eigenvalue weighted by Crippen LogP contribution is 2.24. The SMILES string of the molecule is OC1CC(Nc2nc(F)c(F)cc2F)C1. The molecule has 82 valence electrons. The second-order valence-electron chi connectivity index (χ2n) is 3.56. The van der Waals surface area contributed by atoms with E-state index in [2.05, 4.69) is 10.3 Å². The summed E-state index contributed by atoms with van der Waals surface area (Å²) in [5, 5.41) is 11.6. The smallest absolute Gasteiger partial charge is 0.251 e. The zero-order valence-corrected chi connectivity index (χ0v) is 7.67. The first kappa shape index (κ1) is 10.2. The Hall–Kier alpha value is -1.30. The molecule has 0 radical (unpaired) electrons. The van der Waals surface area contributed by atoms with Crippen molar-refractivity contribution in [1.29, 1.82) is 0 Å². The molecule has 1 aromatic heterocycles. The molecule has 0 atom stereocenters. The van der Waals surface area contributed by atoms with E-state index in [0.29, 0.717) is 18.9 Å². The zero-order valence-electron chi connectivity index (χ0n) is 7.67. The minimum atomic E-state index is -1.33. The maximum absolute atomic E-state index is 13.1. The van der Waals surface area contributed by atoms with Crippen molar-refractivity contribution in [2.24, 2.45) is 0 Å². The average Bonchev–Trinajstić information content (AvgIpc) is 2.11. The van der Waals surface area contributed by atoms with Crippen molar-refractivity contribution < 1.29 is 18.3 Å². The number of hydrogen-bond donors (Lipinski definition) is 2. The van der Waals surface area contributed by atoms with Crippen LogP contribution in [0.5, 0.6) is 0 Å². The largest absolute Gasteiger partial charge is 0.393 e. The molecule has 0 aliphatic heterocycles. The number of hydrogen-bond acceptors (Lipinski definition) is 3. The first-order valence-electron chi connectivity index (χ1n) is 4.52. The second-order valence-corrected chi connectivity index (χ2v) is 3.56. The number of aliphatic hydroxyl groups is 1. The maximum Gasteiger partial charge on any atom is 0.251 e. The second kappa shape index (κ2) is 3.69. The molecule has 1 aromatic rings. The molecule has 0 bridgehead atoms. The van der Waals surface area contributed by atoms with Crippen LogP contribution in [0, 0.1) is 17.6 Å². The molecular formula is C9H9F3N2O. The van der Waals surface area contributed by atoms with Crippen molar-refractivity contribution in [3.05, 3.63) is 23.6 Å². The predicted molar refractivity (Wildman–Crippen MR) is 46.8 cm³/mol. The Kier molecular flexibility index (Phi) is 2.52. The van der Waals surface area contributed by atoms with Gasteiger partial charge in [0.2, 0.25) is 0 Å². The van der Waals surface area contributed by atoms with Crippen LogP contribution in [-0.4, -0.2) is 22.2 Å². The summed E-state index contributed by atoms with van der Waals surface area (Å²) in [6.07, 6.45) is 0.510. The van der Waals surface area contributed by atoms with E-state index in [1.165, 1.54) is 0 Å². The molecule has 1 saturated carbocycles. The van der Waals surface area contributed by atoms with Gasteiger partial charge in [-0.1, -0.05) is 0 Å². The van der Waals surface area contributed by atoms with Crippen LogP contribution in [0.3, 0.4) is 0 Å². The fourth-order valence-corrected chi connectivity index (χ4v) is 1.44. The number of pyridine rings is 1. The van der Waals surface area contributed by atoms with E-state index in [0.717, 1.165) is 0 Å². The minimum Gasteiger partial charge on any atom is -0.393 e. The predicted octanol–water partition coefficient (Wildman–Crippen LogP) is 1.43. The van der Waals surface area contributed by atoms with Gasteiger partial charge in [0.1, 0.15) is 0 Å². The Balaban J connectivity index is 2.11. The van der Waals surface area contributed by atoms with E-state index in [9.17, 15) is 13.2 Å². The van der Waals surface area contributed by atoms with Crippen molar-refractivity contribution >= 4 is 5.82 Å². The van der Waals surface area contributed by atoms with Gasteiger partial charge < -0.3 is 10.4 Å². The van der Waals surface area contributed by atoms with Crippen molar-refractivity contribution in [1.82, 2.24) is 4.98 Å². The monoisotopic (exact) mass is 218 g/mol. The highest BCUT2D eigenvalue weighted by atomic mass is 19.2. The summed E-state index contributed by atoms with van der Waals surface area (Å²) < 4.78 is 38.2. The Bertz CT molecular complexity index is 380. The Labute approximate surface area is 83.9 Å². The average molecular weight is 218 g/mol. The van der Waals surface area contributed by atoms with Gasteiger partial charge in [-0.15, -0.1) is 0 Å². The van der Waals surface area contributed by atoms with Gasteiger partial charge in [-0.3, -0.25) is 0 Å².